The lowest BCUT2D eigenvalue weighted by Gasteiger charge is -2.29. The molecule has 202 valence electrons. The number of nitrogens with zero attached hydrogens (tertiary/aromatic N) is 2. The van der Waals surface area contributed by atoms with Crippen LogP contribution in [0.3, 0.4) is 0 Å². The minimum absolute atomic E-state index is 0.106. The first-order valence-electron chi connectivity index (χ1n) is 11.6. The van der Waals surface area contributed by atoms with Crippen LogP contribution in [0.15, 0.2) is 30.3 Å². The van der Waals surface area contributed by atoms with Crippen molar-refractivity contribution >= 4 is 44.5 Å². The second kappa shape index (κ2) is 11.2. The van der Waals surface area contributed by atoms with E-state index in [1.807, 2.05) is 19.2 Å². The van der Waals surface area contributed by atoms with Crippen molar-refractivity contribution in [2.75, 3.05) is 24.5 Å². The number of rotatable bonds is 10. The van der Waals surface area contributed by atoms with Gasteiger partial charge in [0.25, 0.3) is 0 Å². The number of fused-ring (bicyclic) bond motifs is 1. The molecule has 1 aromatic heterocycles. The van der Waals surface area contributed by atoms with Crippen molar-refractivity contribution in [2.24, 2.45) is 0 Å². The SMILES string of the molecule is CN(c1cc(Cl)nc([NH2+]C2CC(O)C(COP(=O)(O)CP(=O)(O)O)O2)c1C=N)C1CCc2ccccc21. The Bertz CT molecular complexity index is 1260. The topological polar surface area (TPSA) is 190 Å². The van der Waals surface area contributed by atoms with E-state index in [2.05, 4.69) is 22.0 Å². The van der Waals surface area contributed by atoms with E-state index in [-0.39, 0.29) is 17.6 Å². The number of halogens is 1. The van der Waals surface area contributed by atoms with Crippen molar-refractivity contribution in [3.63, 3.8) is 0 Å². The van der Waals surface area contributed by atoms with Crippen LogP contribution in [-0.2, 0) is 24.8 Å². The second-order valence-electron chi connectivity index (χ2n) is 9.19. The average Bonchev–Trinajstić information content (AvgIpc) is 3.38. The van der Waals surface area contributed by atoms with Gasteiger partial charge in [0, 0.05) is 13.3 Å². The maximum Gasteiger partial charge on any atom is 0.340 e. The zero-order valence-corrected chi connectivity index (χ0v) is 22.5. The van der Waals surface area contributed by atoms with E-state index in [4.69, 9.17) is 36.1 Å². The first kappa shape index (κ1) is 28.3. The summed E-state index contributed by atoms with van der Waals surface area (Å²) in [5.41, 5.74) is 3.76. The summed E-state index contributed by atoms with van der Waals surface area (Å²) in [5.74, 6) is -0.932. The highest BCUT2D eigenvalue weighted by Gasteiger charge is 2.40. The molecule has 4 rings (SSSR count). The number of pyridine rings is 1. The zero-order chi connectivity index (χ0) is 27.0. The van der Waals surface area contributed by atoms with Crippen molar-refractivity contribution in [3.05, 3.63) is 52.2 Å². The summed E-state index contributed by atoms with van der Waals surface area (Å²) in [5, 5.41) is 20.3. The van der Waals surface area contributed by atoms with Crippen LogP contribution >= 0.6 is 26.8 Å². The third-order valence-corrected chi connectivity index (χ3v) is 10.2. The van der Waals surface area contributed by atoms with Gasteiger partial charge in [-0.05, 0) is 30.0 Å². The maximum atomic E-state index is 11.9. The fourth-order valence-corrected chi connectivity index (χ4v) is 7.62. The molecule has 15 heteroatoms. The van der Waals surface area contributed by atoms with Gasteiger partial charge in [0.2, 0.25) is 5.82 Å². The van der Waals surface area contributed by atoms with Crippen molar-refractivity contribution in [1.29, 1.82) is 5.41 Å². The number of nitrogens with two attached hydrogens (primary N) is 1. The predicted octanol–water partition coefficient (Wildman–Crippen LogP) is 1.86. The molecule has 5 atom stereocenters. The van der Waals surface area contributed by atoms with Gasteiger partial charge in [0.1, 0.15) is 11.3 Å². The second-order valence-corrected chi connectivity index (χ2v) is 13.6. The predicted molar refractivity (Wildman–Crippen MR) is 137 cm³/mol. The van der Waals surface area contributed by atoms with Crippen LogP contribution in [0.4, 0.5) is 11.5 Å². The minimum atomic E-state index is -4.77. The van der Waals surface area contributed by atoms with Crippen LogP contribution < -0.4 is 10.2 Å². The molecule has 1 fully saturated rings. The molecule has 0 spiro atoms. The molecule has 0 radical (unpaired) electrons. The monoisotopic (exact) mass is 575 g/mol. The average molecular weight is 576 g/mol. The van der Waals surface area contributed by atoms with Gasteiger partial charge in [-0.3, -0.25) is 14.4 Å². The lowest BCUT2D eigenvalue weighted by atomic mass is 10.1. The third kappa shape index (κ3) is 6.85. The smallest absolute Gasteiger partial charge is 0.340 e. The first-order chi connectivity index (χ1) is 17.4. The Morgan fingerprint density at radius 2 is 2.05 bits per heavy atom. The number of aryl methyl sites for hydroxylation is 1. The Labute approximate surface area is 218 Å². The van der Waals surface area contributed by atoms with Gasteiger partial charge in [-0.25, -0.2) is 0 Å². The Balaban J connectivity index is 1.48. The van der Waals surface area contributed by atoms with Crippen molar-refractivity contribution in [1.82, 2.24) is 4.98 Å². The third-order valence-electron chi connectivity index (χ3n) is 6.53. The van der Waals surface area contributed by atoms with E-state index in [0.29, 0.717) is 11.4 Å². The van der Waals surface area contributed by atoms with E-state index in [1.165, 1.54) is 17.3 Å². The molecule has 0 amide bonds. The highest BCUT2D eigenvalue weighted by atomic mass is 35.5. The molecule has 7 N–H and O–H groups in total. The molecular weight excluding hydrogens is 546 g/mol. The number of aliphatic hydroxyl groups excluding tert-OH is 1. The number of hydrogen-bond acceptors (Lipinski definition) is 8. The van der Waals surface area contributed by atoms with E-state index < -0.39 is 46.1 Å². The van der Waals surface area contributed by atoms with Crippen molar-refractivity contribution in [2.45, 2.75) is 43.7 Å². The van der Waals surface area contributed by atoms with E-state index in [9.17, 15) is 19.1 Å². The van der Waals surface area contributed by atoms with Crippen molar-refractivity contribution in [3.8, 4) is 0 Å². The van der Waals surface area contributed by atoms with Crippen LogP contribution in [0.5, 0.6) is 0 Å². The zero-order valence-electron chi connectivity index (χ0n) is 20.0. The summed E-state index contributed by atoms with van der Waals surface area (Å²) in [6.07, 6.45) is 0.456. The Morgan fingerprint density at radius 1 is 1.32 bits per heavy atom. The number of quaternary nitrogens is 1. The molecule has 0 saturated carbocycles. The first-order valence-corrected chi connectivity index (χ1v) is 15.5. The van der Waals surface area contributed by atoms with Gasteiger partial charge in [0.15, 0.2) is 12.1 Å². The highest BCUT2D eigenvalue weighted by molar-refractivity contribution is 7.70. The number of nitrogens with one attached hydrogen (secondary N) is 1. The molecule has 5 unspecified atom stereocenters. The van der Waals surface area contributed by atoms with Gasteiger partial charge in [-0.2, -0.15) is 4.98 Å². The standard InChI is InChI=1S/C22H29ClN4O8P2/c1-27(16-7-6-13-4-2-3-5-14(13)16)17-8-20(23)25-22(15(17)10-24)26-21-9-18(28)19(35-21)11-34-37(32,33)12-36(29,30)31/h2-5,8,10,16,18-19,21,24,28H,6-7,9,11-12H2,1H3,(H,25,26)(H,32,33)(H2,29,30,31)/p+1. The van der Waals surface area contributed by atoms with Crippen LogP contribution in [0, 0.1) is 5.41 Å². The van der Waals surface area contributed by atoms with Gasteiger partial charge >= 0.3 is 15.2 Å². The summed E-state index contributed by atoms with van der Waals surface area (Å²) in [6, 6.07) is 10.1. The number of benzene rings is 1. The molecule has 0 bridgehead atoms. The summed E-state index contributed by atoms with van der Waals surface area (Å²) in [4.78, 5) is 34.0. The van der Waals surface area contributed by atoms with E-state index in [1.54, 1.807) is 11.4 Å². The number of aromatic nitrogens is 1. The molecule has 37 heavy (non-hydrogen) atoms. The molecule has 2 aliphatic rings. The van der Waals surface area contributed by atoms with Gasteiger partial charge < -0.3 is 39.4 Å². The molecule has 2 heterocycles. The summed E-state index contributed by atoms with van der Waals surface area (Å²) < 4.78 is 33.5. The van der Waals surface area contributed by atoms with Crippen molar-refractivity contribution < 1.29 is 43.5 Å². The van der Waals surface area contributed by atoms with Crippen LogP contribution in [-0.4, -0.2) is 69.0 Å². The molecule has 1 aromatic carbocycles. The van der Waals surface area contributed by atoms with Gasteiger partial charge in [-0.1, -0.05) is 35.9 Å². The van der Waals surface area contributed by atoms with Gasteiger partial charge in [-0.15, -0.1) is 0 Å². The highest BCUT2D eigenvalue weighted by Crippen LogP contribution is 2.55. The fourth-order valence-electron chi connectivity index (χ4n) is 4.86. The van der Waals surface area contributed by atoms with Crippen LogP contribution in [0.1, 0.15) is 35.6 Å². The molecule has 12 nitrogen and oxygen atoms in total. The Kier molecular flexibility index (Phi) is 8.57. The minimum Gasteiger partial charge on any atom is -0.390 e. The molecule has 1 aliphatic heterocycles. The Hall–Kier alpha value is -1.69. The number of hydrogen-bond donors (Lipinski definition) is 6. The number of aliphatic hydroxyl groups is 1. The molecular formula is C22H30ClN4O8P2+. The summed E-state index contributed by atoms with van der Waals surface area (Å²) >= 11 is 6.36. The van der Waals surface area contributed by atoms with Gasteiger partial charge in [0.05, 0.1) is 36.4 Å². The lowest BCUT2D eigenvalue weighted by Crippen LogP contribution is -2.85. The quantitative estimate of drug-likeness (QED) is 0.138. The van der Waals surface area contributed by atoms with Crippen LogP contribution in [0.25, 0.3) is 0 Å². The summed E-state index contributed by atoms with van der Waals surface area (Å²) in [7, 11) is -7.40. The maximum absolute atomic E-state index is 11.9. The Morgan fingerprint density at radius 3 is 2.76 bits per heavy atom. The fraction of sp³-hybridized carbons (Fsp3) is 0.455. The lowest BCUT2D eigenvalue weighted by molar-refractivity contribution is -0.656. The van der Waals surface area contributed by atoms with Crippen LogP contribution in [0.2, 0.25) is 5.15 Å². The number of anilines is 1. The molecule has 2 aromatic rings. The normalized spacial score (nSPS) is 25.0. The molecule has 1 saturated heterocycles. The number of ether oxygens (including phenoxy) is 1. The largest absolute Gasteiger partial charge is 0.390 e. The molecule has 1 aliphatic carbocycles. The van der Waals surface area contributed by atoms with E-state index >= 15 is 0 Å². The van der Waals surface area contributed by atoms with E-state index in [0.717, 1.165) is 18.5 Å². The summed E-state index contributed by atoms with van der Waals surface area (Å²) in [6.45, 7) is -0.533.